The fourth-order valence-electron chi connectivity index (χ4n) is 3.78. The van der Waals surface area contributed by atoms with E-state index in [9.17, 15) is 14.0 Å². The number of pyridine rings is 2. The van der Waals surface area contributed by atoms with Crippen molar-refractivity contribution in [1.82, 2.24) is 19.5 Å². The van der Waals surface area contributed by atoms with Crippen molar-refractivity contribution in [2.75, 3.05) is 11.1 Å². The predicted octanol–water partition coefficient (Wildman–Crippen LogP) is 5.23. The van der Waals surface area contributed by atoms with Crippen molar-refractivity contribution < 1.29 is 13.6 Å². The Hall–Kier alpha value is -4.77. The molecule has 1 amide bonds. The number of nitrogens with zero attached hydrogens (tertiary/aromatic N) is 4. The van der Waals surface area contributed by atoms with Gasteiger partial charge in [-0.05, 0) is 88.2 Å². The fourth-order valence-corrected chi connectivity index (χ4v) is 4.22. The van der Waals surface area contributed by atoms with Crippen molar-refractivity contribution in [3.8, 4) is 28.2 Å². The number of nitrogen functional groups attached to an aromatic ring is 1. The maximum atomic E-state index is 15.1. The minimum Gasteiger partial charge on any atom is -0.368 e. The van der Waals surface area contributed by atoms with Crippen LogP contribution in [-0.4, -0.2) is 25.4 Å². The number of aromatic nitrogens is 4. The molecule has 38 heavy (non-hydrogen) atoms. The second-order valence-corrected chi connectivity index (χ2v) is 9.02. The van der Waals surface area contributed by atoms with E-state index in [4.69, 9.17) is 5.73 Å². The number of carbonyl (C=O) groups is 1. The number of benzene rings is 2. The van der Waals surface area contributed by atoms with E-state index in [0.29, 0.717) is 27.1 Å². The molecule has 2 aromatic carbocycles. The summed E-state index contributed by atoms with van der Waals surface area (Å²) in [4.78, 5) is 38.2. The van der Waals surface area contributed by atoms with Crippen LogP contribution < -0.4 is 16.6 Å². The summed E-state index contributed by atoms with van der Waals surface area (Å²) < 4.78 is 30.1. The number of rotatable bonds is 5. The molecule has 0 spiro atoms. The smallest absolute Gasteiger partial charge is 0.268 e. The van der Waals surface area contributed by atoms with Crippen LogP contribution in [0.15, 0.2) is 94.6 Å². The van der Waals surface area contributed by atoms with Crippen molar-refractivity contribution in [1.29, 1.82) is 0 Å². The quantitative estimate of drug-likeness (QED) is 0.297. The Morgan fingerprint density at radius 3 is 2.42 bits per heavy atom. The number of amides is 1. The second kappa shape index (κ2) is 10.3. The number of hydrogen-bond acceptors (Lipinski definition) is 6. The number of nitrogens with two attached hydrogens (primary N) is 1. The Morgan fingerprint density at radius 1 is 0.921 bits per heavy atom. The minimum atomic E-state index is -0.730. The summed E-state index contributed by atoms with van der Waals surface area (Å²) in [6.45, 7) is 0. The first-order valence-corrected chi connectivity index (χ1v) is 11.9. The number of carbonyl (C=O) groups excluding carboxylic acids is 1. The van der Waals surface area contributed by atoms with Crippen LogP contribution in [0.1, 0.15) is 10.4 Å². The summed E-state index contributed by atoms with van der Waals surface area (Å²) in [6, 6.07) is 15.8. The molecule has 3 heterocycles. The van der Waals surface area contributed by atoms with E-state index in [1.165, 1.54) is 65.6 Å². The Balaban J connectivity index is 1.41. The molecule has 11 heteroatoms. The van der Waals surface area contributed by atoms with Gasteiger partial charge in [0.2, 0.25) is 5.95 Å². The zero-order valence-corrected chi connectivity index (χ0v) is 21.0. The van der Waals surface area contributed by atoms with Crippen molar-refractivity contribution in [2.24, 2.45) is 0 Å². The van der Waals surface area contributed by atoms with Gasteiger partial charge in [0.15, 0.2) is 0 Å². The molecule has 0 atom stereocenters. The van der Waals surface area contributed by atoms with Crippen LogP contribution in [0.5, 0.6) is 0 Å². The van der Waals surface area contributed by atoms with Crippen LogP contribution >= 0.6 is 15.9 Å². The van der Waals surface area contributed by atoms with E-state index in [-0.39, 0.29) is 22.8 Å². The minimum absolute atomic E-state index is 0.0934. The third kappa shape index (κ3) is 5.18. The van der Waals surface area contributed by atoms with Gasteiger partial charge in [-0.1, -0.05) is 0 Å². The highest BCUT2D eigenvalue weighted by molar-refractivity contribution is 9.10. The van der Waals surface area contributed by atoms with E-state index in [2.05, 4.69) is 36.2 Å². The Bertz CT molecular complexity index is 1740. The van der Waals surface area contributed by atoms with Crippen molar-refractivity contribution in [3.05, 3.63) is 117 Å². The molecule has 188 valence electrons. The lowest BCUT2D eigenvalue weighted by molar-refractivity contribution is 0.102. The maximum absolute atomic E-state index is 15.1. The molecule has 5 rings (SSSR count). The zero-order chi connectivity index (χ0) is 26.8. The first-order chi connectivity index (χ1) is 18.3. The largest absolute Gasteiger partial charge is 0.368 e. The molecule has 0 saturated heterocycles. The average molecular weight is 575 g/mol. The molecule has 0 aliphatic rings. The van der Waals surface area contributed by atoms with Crippen LogP contribution in [-0.2, 0) is 0 Å². The standard InChI is InChI=1S/C27H17BrF2N6O2/c28-16-12-21(26(38)36(14-16)19-4-1-17(29)2-5-19)25(37)34-18-3-6-20(22(30)13-18)15-7-9-32-24(11-15)23-8-10-33-27(31)35-23/h1-14H,(H,34,37)(H2,31,33,35). The van der Waals surface area contributed by atoms with Gasteiger partial charge in [-0.25, -0.2) is 18.7 Å². The summed E-state index contributed by atoms with van der Waals surface area (Å²) in [5.41, 5.74) is 7.16. The van der Waals surface area contributed by atoms with E-state index in [1.54, 1.807) is 18.2 Å². The van der Waals surface area contributed by atoms with Crippen LogP contribution in [0.25, 0.3) is 28.2 Å². The summed E-state index contributed by atoms with van der Waals surface area (Å²) in [5, 5.41) is 2.56. The third-order valence-corrected chi connectivity index (χ3v) is 6.00. The van der Waals surface area contributed by atoms with Gasteiger partial charge >= 0.3 is 0 Å². The molecule has 5 aromatic rings. The highest BCUT2D eigenvalue weighted by Gasteiger charge is 2.17. The van der Waals surface area contributed by atoms with E-state index in [1.807, 2.05) is 0 Å². The topological polar surface area (TPSA) is 116 Å². The SMILES string of the molecule is Nc1nccc(-c2cc(-c3ccc(NC(=O)c4cc(Br)cn(-c5ccc(F)cc5)c4=O)cc3F)ccn2)n1. The molecule has 0 aliphatic heterocycles. The van der Waals surface area contributed by atoms with Gasteiger partial charge < -0.3 is 11.1 Å². The van der Waals surface area contributed by atoms with Gasteiger partial charge in [0, 0.05) is 40.0 Å². The molecule has 3 aromatic heterocycles. The van der Waals surface area contributed by atoms with Gasteiger partial charge in [0.1, 0.15) is 17.2 Å². The third-order valence-electron chi connectivity index (χ3n) is 5.57. The summed E-state index contributed by atoms with van der Waals surface area (Å²) >= 11 is 3.29. The number of hydrogen-bond donors (Lipinski definition) is 2. The lowest BCUT2D eigenvalue weighted by atomic mass is 10.0. The highest BCUT2D eigenvalue weighted by Crippen LogP contribution is 2.28. The van der Waals surface area contributed by atoms with Gasteiger partial charge in [-0.2, -0.15) is 0 Å². The lowest BCUT2D eigenvalue weighted by Gasteiger charge is -2.11. The molecule has 0 unspecified atom stereocenters. The molecule has 0 aliphatic carbocycles. The van der Waals surface area contributed by atoms with Crippen molar-refractivity contribution in [3.63, 3.8) is 0 Å². The Kier molecular flexibility index (Phi) is 6.75. The van der Waals surface area contributed by atoms with Gasteiger partial charge in [-0.15, -0.1) is 0 Å². The van der Waals surface area contributed by atoms with E-state index < -0.39 is 23.1 Å². The monoisotopic (exact) mass is 574 g/mol. The summed E-state index contributed by atoms with van der Waals surface area (Å²) in [5.74, 6) is -1.69. The predicted molar refractivity (Wildman–Crippen MR) is 143 cm³/mol. The van der Waals surface area contributed by atoms with Gasteiger partial charge in [-0.3, -0.25) is 19.1 Å². The first kappa shape index (κ1) is 24.9. The molecule has 0 saturated carbocycles. The normalized spacial score (nSPS) is 10.8. The van der Waals surface area contributed by atoms with Crippen LogP contribution in [0.2, 0.25) is 0 Å². The zero-order valence-electron chi connectivity index (χ0n) is 19.4. The molecule has 3 N–H and O–H groups in total. The van der Waals surface area contributed by atoms with E-state index >= 15 is 4.39 Å². The number of halogens is 3. The molecular formula is C27H17BrF2N6O2. The molecule has 0 fully saturated rings. The molecule has 0 bridgehead atoms. The average Bonchev–Trinajstić information content (AvgIpc) is 2.90. The van der Waals surface area contributed by atoms with Gasteiger partial charge in [0.25, 0.3) is 11.5 Å². The summed E-state index contributed by atoms with van der Waals surface area (Å²) in [6.07, 6.45) is 4.50. The first-order valence-electron chi connectivity index (χ1n) is 11.1. The van der Waals surface area contributed by atoms with Crippen molar-refractivity contribution >= 4 is 33.5 Å². The molecule has 0 radical (unpaired) electrons. The maximum Gasteiger partial charge on any atom is 0.268 e. The highest BCUT2D eigenvalue weighted by atomic mass is 79.9. The molecular weight excluding hydrogens is 558 g/mol. The molecule has 8 nitrogen and oxygen atoms in total. The van der Waals surface area contributed by atoms with Crippen LogP contribution in [0.3, 0.4) is 0 Å². The van der Waals surface area contributed by atoms with Crippen LogP contribution in [0.4, 0.5) is 20.4 Å². The summed E-state index contributed by atoms with van der Waals surface area (Å²) in [7, 11) is 0. The number of nitrogens with one attached hydrogen (secondary N) is 1. The van der Waals surface area contributed by atoms with E-state index in [0.717, 1.165) is 6.07 Å². The Labute approximate surface area is 223 Å². The van der Waals surface area contributed by atoms with Gasteiger partial charge in [0.05, 0.1) is 11.4 Å². The second-order valence-electron chi connectivity index (χ2n) is 8.10. The number of anilines is 2. The van der Waals surface area contributed by atoms with Crippen LogP contribution in [0, 0.1) is 11.6 Å². The Morgan fingerprint density at radius 2 is 1.68 bits per heavy atom. The lowest BCUT2D eigenvalue weighted by Crippen LogP contribution is -2.28. The fraction of sp³-hybridized carbons (Fsp3) is 0. The van der Waals surface area contributed by atoms with Crippen molar-refractivity contribution in [2.45, 2.75) is 0 Å².